The number of nitrogens with zero attached hydrogens (tertiary/aromatic N) is 2. The molecule has 1 fully saturated rings. The first-order valence-electron chi connectivity index (χ1n) is 13.1. The highest BCUT2D eigenvalue weighted by molar-refractivity contribution is 6.33. The van der Waals surface area contributed by atoms with Crippen molar-refractivity contribution in [2.75, 3.05) is 51.8 Å². The van der Waals surface area contributed by atoms with Gasteiger partial charge in [-0.2, -0.15) is 0 Å². The minimum absolute atomic E-state index is 0.226. The number of anilines is 1. The average Bonchev–Trinajstić information content (AvgIpc) is 2.89. The molecular formula is C28H37ClN6O5. The number of morpholine rings is 1. The Morgan fingerprint density at radius 2 is 2.05 bits per heavy atom. The van der Waals surface area contributed by atoms with Gasteiger partial charge in [0.25, 0.3) is 0 Å². The number of rotatable bonds is 11. The second-order valence-corrected chi connectivity index (χ2v) is 10.4. The van der Waals surface area contributed by atoms with Crippen molar-refractivity contribution in [3.8, 4) is 23.0 Å². The van der Waals surface area contributed by atoms with Crippen molar-refractivity contribution in [1.82, 2.24) is 15.2 Å². The van der Waals surface area contributed by atoms with E-state index < -0.39 is 11.7 Å². The lowest BCUT2D eigenvalue weighted by Gasteiger charge is -2.30. The van der Waals surface area contributed by atoms with Crippen molar-refractivity contribution >= 4 is 34.2 Å². The molecule has 4 rings (SSSR count). The summed E-state index contributed by atoms with van der Waals surface area (Å²) >= 11 is 6.42. The molecular weight excluding hydrogens is 536 g/mol. The molecule has 216 valence electrons. The van der Waals surface area contributed by atoms with Gasteiger partial charge in [-0.05, 0) is 44.5 Å². The fourth-order valence-corrected chi connectivity index (χ4v) is 4.49. The van der Waals surface area contributed by atoms with E-state index in [1.54, 1.807) is 44.5 Å². The molecule has 6 N–H and O–H groups in total. The number of carbonyl (C=O) groups is 1. The van der Waals surface area contributed by atoms with Crippen LogP contribution in [0, 0.1) is 0 Å². The Bertz CT molecular complexity index is 1320. The topological polar surface area (TPSA) is 146 Å². The first-order valence-corrected chi connectivity index (χ1v) is 13.5. The smallest absolute Gasteiger partial charge is 0.319 e. The van der Waals surface area contributed by atoms with E-state index in [2.05, 4.69) is 27.4 Å². The maximum atomic E-state index is 12.2. The standard InChI is InChI=1S/C28H37ClN6O5/c1-18-17-35(10-12-38-18)11-13-39-26-16-23-20(15-25(26)37-3)24(6-8-32-23)40-19-4-5-22(21(29)14-19)34-27(36)33-9-7-28(2,30)31/h4-6,8,14-16,18H,7,9-13,17,30-31H2,1-3H3,(H2,33,34,36). The highest BCUT2D eigenvalue weighted by Gasteiger charge is 2.18. The van der Waals surface area contributed by atoms with Crippen LogP contribution in [0.2, 0.25) is 5.02 Å². The summed E-state index contributed by atoms with van der Waals surface area (Å²) in [5.41, 5.74) is 11.7. The molecule has 0 aliphatic carbocycles. The van der Waals surface area contributed by atoms with Gasteiger partial charge in [0.2, 0.25) is 0 Å². The van der Waals surface area contributed by atoms with Crippen LogP contribution in [0.4, 0.5) is 10.5 Å². The molecule has 1 aromatic heterocycles. The summed E-state index contributed by atoms with van der Waals surface area (Å²) in [7, 11) is 1.60. The van der Waals surface area contributed by atoms with E-state index >= 15 is 0 Å². The molecule has 40 heavy (non-hydrogen) atoms. The van der Waals surface area contributed by atoms with Gasteiger partial charge in [-0.1, -0.05) is 11.6 Å². The summed E-state index contributed by atoms with van der Waals surface area (Å²) in [6, 6.07) is 10.0. The van der Waals surface area contributed by atoms with Crippen molar-refractivity contribution in [3.05, 3.63) is 47.6 Å². The zero-order chi connectivity index (χ0) is 28.7. The van der Waals surface area contributed by atoms with Gasteiger partial charge < -0.3 is 41.0 Å². The molecule has 2 amide bonds. The molecule has 1 aliphatic heterocycles. The molecule has 11 nitrogen and oxygen atoms in total. The third-order valence-electron chi connectivity index (χ3n) is 6.34. The van der Waals surface area contributed by atoms with E-state index in [1.165, 1.54) is 0 Å². The van der Waals surface area contributed by atoms with Crippen LogP contribution in [-0.4, -0.2) is 74.2 Å². The highest BCUT2D eigenvalue weighted by atomic mass is 35.5. The van der Waals surface area contributed by atoms with Gasteiger partial charge in [0.15, 0.2) is 11.5 Å². The van der Waals surface area contributed by atoms with Crippen LogP contribution in [0.25, 0.3) is 10.9 Å². The van der Waals surface area contributed by atoms with Gasteiger partial charge in [-0.15, -0.1) is 0 Å². The Morgan fingerprint density at radius 1 is 1.23 bits per heavy atom. The summed E-state index contributed by atoms with van der Waals surface area (Å²) in [6.45, 7) is 7.90. The number of nitrogens with two attached hydrogens (primary N) is 2. The third kappa shape index (κ3) is 8.33. The number of amides is 2. The zero-order valence-corrected chi connectivity index (χ0v) is 23.8. The number of fused-ring (bicyclic) bond motifs is 1. The van der Waals surface area contributed by atoms with E-state index in [4.69, 9.17) is 42.0 Å². The van der Waals surface area contributed by atoms with Crippen LogP contribution in [0.5, 0.6) is 23.0 Å². The summed E-state index contributed by atoms with van der Waals surface area (Å²) in [5, 5.41) is 6.47. The number of pyridine rings is 1. The number of hydrogen-bond acceptors (Lipinski definition) is 9. The Hall–Kier alpha value is -3.35. The number of urea groups is 1. The predicted molar refractivity (Wildman–Crippen MR) is 156 cm³/mol. The summed E-state index contributed by atoms with van der Waals surface area (Å²) in [6.07, 6.45) is 2.31. The first kappa shape index (κ1) is 29.6. The molecule has 0 radical (unpaired) electrons. The molecule has 3 aromatic rings. The maximum absolute atomic E-state index is 12.2. The molecule has 0 spiro atoms. The van der Waals surface area contributed by atoms with Crippen LogP contribution in [-0.2, 0) is 4.74 Å². The third-order valence-corrected chi connectivity index (χ3v) is 6.66. The molecule has 1 unspecified atom stereocenters. The monoisotopic (exact) mass is 572 g/mol. The van der Waals surface area contributed by atoms with Crippen molar-refractivity contribution < 1.29 is 23.7 Å². The van der Waals surface area contributed by atoms with Gasteiger partial charge in [-0.3, -0.25) is 9.88 Å². The van der Waals surface area contributed by atoms with Crippen LogP contribution < -0.4 is 36.3 Å². The van der Waals surface area contributed by atoms with Crippen LogP contribution in [0.3, 0.4) is 0 Å². The number of nitrogens with one attached hydrogen (secondary N) is 2. The minimum atomic E-state index is -0.860. The molecule has 1 aliphatic rings. The highest BCUT2D eigenvalue weighted by Crippen LogP contribution is 2.38. The van der Waals surface area contributed by atoms with E-state index in [1.807, 2.05) is 12.1 Å². The molecule has 2 heterocycles. The summed E-state index contributed by atoms with van der Waals surface area (Å²) < 4.78 is 23.4. The number of methoxy groups -OCH3 is 1. The van der Waals surface area contributed by atoms with E-state index in [0.717, 1.165) is 31.6 Å². The fraction of sp³-hybridized carbons (Fsp3) is 0.429. The van der Waals surface area contributed by atoms with Crippen molar-refractivity contribution in [1.29, 1.82) is 0 Å². The van der Waals surface area contributed by atoms with E-state index in [-0.39, 0.29) is 6.10 Å². The number of hydrogen-bond donors (Lipinski definition) is 4. The molecule has 12 heteroatoms. The Labute approximate surface area is 239 Å². The second kappa shape index (κ2) is 13.3. The van der Waals surface area contributed by atoms with Crippen LogP contribution >= 0.6 is 11.6 Å². The normalized spacial score (nSPS) is 16.0. The number of aromatic nitrogens is 1. The van der Waals surface area contributed by atoms with E-state index in [9.17, 15) is 4.79 Å². The largest absolute Gasteiger partial charge is 0.493 e. The Morgan fingerprint density at radius 3 is 2.77 bits per heavy atom. The lowest BCUT2D eigenvalue weighted by Crippen LogP contribution is -2.48. The Balaban J connectivity index is 1.42. The van der Waals surface area contributed by atoms with Gasteiger partial charge in [0.05, 0.1) is 41.7 Å². The summed E-state index contributed by atoms with van der Waals surface area (Å²) in [4.78, 5) is 19.0. The lowest BCUT2D eigenvalue weighted by molar-refractivity contribution is -0.0214. The second-order valence-electron chi connectivity index (χ2n) is 10.0. The Kier molecular flexibility index (Phi) is 9.88. The fourth-order valence-electron chi connectivity index (χ4n) is 4.27. The number of benzene rings is 2. The average molecular weight is 573 g/mol. The van der Waals surface area contributed by atoms with Crippen LogP contribution in [0.15, 0.2) is 42.6 Å². The van der Waals surface area contributed by atoms with Crippen molar-refractivity contribution in [2.45, 2.75) is 32.0 Å². The van der Waals surface area contributed by atoms with Gasteiger partial charge >= 0.3 is 6.03 Å². The molecule has 1 atom stereocenters. The molecule has 0 bridgehead atoms. The molecule has 0 saturated carbocycles. The van der Waals surface area contributed by atoms with Crippen LogP contribution in [0.1, 0.15) is 20.3 Å². The lowest BCUT2D eigenvalue weighted by atomic mass is 10.1. The predicted octanol–water partition coefficient (Wildman–Crippen LogP) is 3.93. The van der Waals surface area contributed by atoms with Gasteiger partial charge in [-0.25, -0.2) is 4.79 Å². The van der Waals surface area contributed by atoms with Gasteiger partial charge in [0.1, 0.15) is 18.1 Å². The number of halogens is 1. The minimum Gasteiger partial charge on any atom is -0.493 e. The van der Waals surface area contributed by atoms with E-state index in [0.29, 0.717) is 58.8 Å². The SMILES string of the molecule is COc1cc2c(Oc3ccc(NC(=O)NCCC(C)(N)N)c(Cl)c3)ccnc2cc1OCCN1CCOC(C)C1. The quantitative estimate of drug-likeness (QED) is 0.251. The van der Waals surface area contributed by atoms with Crippen molar-refractivity contribution in [3.63, 3.8) is 0 Å². The number of carbonyl (C=O) groups excluding carboxylic acids is 1. The first-order chi connectivity index (χ1) is 19.1. The molecule has 1 saturated heterocycles. The zero-order valence-electron chi connectivity index (χ0n) is 23.0. The van der Waals surface area contributed by atoms with Crippen molar-refractivity contribution in [2.24, 2.45) is 11.5 Å². The number of ether oxygens (including phenoxy) is 4. The molecule has 2 aromatic carbocycles. The summed E-state index contributed by atoms with van der Waals surface area (Å²) in [5.74, 6) is 2.25. The maximum Gasteiger partial charge on any atom is 0.319 e. The van der Waals surface area contributed by atoms with Gasteiger partial charge in [0, 0.05) is 49.9 Å².